The van der Waals surface area contributed by atoms with Gasteiger partial charge in [0.1, 0.15) is 13.2 Å². The molecule has 1 aliphatic rings. The molecule has 0 saturated heterocycles. The van der Waals surface area contributed by atoms with Crippen LogP contribution in [0.4, 0.5) is 4.79 Å². The molecule has 0 spiro atoms. The largest absolute Gasteiger partial charge is 0.481 e. The molecule has 0 saturated carbocycles. The van der Waals surface area contributed by atoms with Crippen molar-refractivity contribution in [2.75, 3.05) is 19.7 Å². The minimum atomic E-state index is -1.04. The molecule has 1 aliphatic carbocycles. The van der Waals surface area contributed by atoms with Crippen LogP contribution in [0.25, 0.3) is 11.1 Å². The third-order valence-electron chi connectivity index (χ3n) is 5.25. The first-order valence-corrected chi connectivity index (χ1v) is 10.5. The Labute approximate surface area is 191 Å². The molecule has 0 aromatic heterocycles. The van der Waals surface area contributed by atoms with E-state index in [0.717, 1.165) is 22.3 Å². The standard InChI is InChI=1S/C24H27N3O6/c1-24(2,11-22(30)31)27-21(29)13-25-20(28)12-26-23(32)33-14-19-17-9-5-3-7-15(17)16-8-4-6-10-18(16)19/h3-10,19H,11-14H2,1-2H3,(H,25,28)(H,26,32)(H,27,29)(H,30,31). The Morgan fingerprint density at radius 2 is 1.42 bits per heavy atom. The van der Waals surface area contributed by atoms with Crippen molar-refractivity contribution in [2.24, 2.45) is 0 Å². The number of nitrogens with one attached hydrogen (secondary N) is 3. The summed E-state index contributed by atoms with van der Waals surface area (Å²) in [4.78, 5) is 46.7. The Balaban J connectivity index is 1.43. The van der Waals surface area contributed by atoms with Crippen molar-refractivity contribution in [1.82, 2.24) is 16.0 Å². The number of carboxylic acid groups (broad SMARTS) is 1. The second-order valence-corrected chi connectivity index (χ2v) is 8.46. The maximum absolute atomic E-state index is 12.1. The van der Waals surface area contributed by atoms with Gasteiger partial charge in [-0.05, 0) is 36.1 Å². The van der Waals surface area contributed by atoms with E-state index in [1.807, 2.05) is 48.5 Å². The number of aliphatic carboxylic acids is 1. The fourth-order valence-electron chi connectivity index (χ4n) is 3.89. The van der Waals surface area contributed by atoms with Gasteiger partial charge in [-0.1, -0.05) is 48.5 Å². The minimum Gasteiger partial charge on any atom is -0.481 e. The van der Waals surface area contributed by atoms with Crippen molar-refractivity contribution >= 4 is 23.9 Å². The maximum atomic E-state index is 12.1. The van der Waals surface area contributed by atoms with E-state index < -0.39 is 29.4 Å². The van der Waals surface area contributed by atoms with Crippen molar-refractivity contribution < 1.29 is 29.0 Å². The van der Waals surface area contributed by atoms with E-state index in [0.29, 0.717) is 0 Å². The second-order valence-electron chi connectivity index (χ2n) is 8.46. The van der Waals surface area contributed by atoms with Crippen LogP contribution in [0.15, 0.2) is 48.5 Å². The predicted molar refractivity (Wildman–Crippen MR) is 121 cm³/mol. The van der Waals surface area contributed by atoms with Gasteiger partial charge in [0, 0.05) is 11.5 Å². The topological polar surface area (TPSA) is 134 Å². The molecule has 2 aromatic carbocycles. The Hall–Kier alpha value is -3.88. The zero-order valence-electron chi connectivity index (χ0n) is 18.5. The van der Waals surface area contributed by atoms with Gasteiger partial charge in [-0.3, -0.25) is 14.4 Å². The lowest BCUT2D eigenvalue weighted by Gasteiger charge is -2.24. The molecule has 2 aromatic rings. The Bertz CT molecular complexity index is 1020. The average Bonchev–Trinajstić information content (AvgIpc) is 3.07. The van der Waals surface area contributed by atoms with Crippen LogP contribution in [0.1, 0.15) is 37.3 Å². The van der Waals surface area contributed by atoms with Crippen molar-refractivity contribution in [3.63, 3.8) is 0 Å². The lowest BCUT2D eigenvalue weighted by molar-refractivity contribution is -0.138. The van der Waals surface area contributed by atoms with Crippen molar-refractivity contribution in [2.45, 2.75) is 31.7 Å². The van der Waals surface area contributed by atoms with Crippen molar-refractivity contribution in [1.29, 1.82) is 0 Å². The van der Waals surface area contributed by atoms with E-state index in [-0.39, 0.29) is 32.0 Å². The molecule has 0 radical (unpaired) electrons. The Kier molecular flexibility index (Phi) is 7.32. The molecule has 9 nitrogen and oxygen atoms in total. The van der Waals surface area contributed by atoms with Crippen LogP contribution >= 0.6 is 0 Å². The summed E-state index contributed by atoms with van der Waals surface area (Å²) in [5.74, 6) is -2.24. The lowest BCUT2D eigenvalue weighted by atomic mass is 9.98. The lowest BCUT2D eigenvalue weighted by Crippen LogP contribution is -2.49. The summed E-state index contributed by atoms with van der Waals surface area (Å²) in [5, 5.41) is 16.1. The zero-order valence-corrected chi connectivity index (χ0v) is 18.5. The first-order valence-electron chi connectivity index (χ1n) is 10.5. The molecule has 0 fully saturated rings. The maximum Gasteiger partial charge on any atom is 0.407 e. The molecular weight excluding hydrogens is 426 g/mol. The smallest absolute Gasteiger partial charge is 0.407 e. The zero-order chi connectivity index (χ0) is 24.0. The minimum absolute atomic E-state index is 0.0881. The van der Waals surface area contributed by atoms with Gasteiger partial charge >= 0.3 is 12.1 Å². The van der Waals surface area contributed by atoms with Crippen LogP contribution in [0, 0.1) is 0 Å². The molecule has 0 aliphatic heterocycles. The average molecular weight is 453 g/mol. The highest BCUT2D eigenvalue weighted by Gasteiger charge is 2.29. The predicted octanol–water partition coefficient (Wildman–Crippen LogP) is 2.01. The van der Waals surface area contributed by atoms with E-state index in [2.05, 4.69) is 16.0 Å². The molecule has 0 bridgehead atoms. The number of carbonyl (C=O) groups is 4. The van der Waals surface area contributed by atoms with Gasteiger partial charge in [0.05, 0.1) is 13.0 Å². The first kappa shape index (κ1) is 23.8. The highest BCUT2D eigenvalue weighted by molar-refractivity contribution is 5.87. The number of hydrogen-bond acceptors (Lipinski definition) is 5. The normalized spacial score (nSPS) is 12.3. The van der Waals surface area contributed by atoms with Crippen LogP contribution in [0.5, 0.6) is 0 Å². The number of carboxylic acids is 1. The fraction of sp³-hybridized carbons (Fsp3) is 0.333. The van der Waals surface area contributed by atoms with E-state index in [9.17, 15) is 19.2 Å². The van der Waals surface area contributed by atoms with Crippen LogP contribution in [-0.4, -0.2) is 54.2 Å². The highest BCUT2D eigenvalue weighted by Crippen LogP contribution is 2.44. The second kappa shape index (κ2) is 10.2. The number of benzene rings is 2. The molecule has 0 heterocycles. The van der Waals surface area contributed by atoms with E-state index in [1.165, 1.54) is 0 Å². The quantitative estimate of drug-likeness (QED) is 0.459. The van der Waals surface area contributed by atoms with Gasteiger partial charge in [0.25, 0.3) is 0 Å². The number of rotatable bonds is 9. The number of amides is 3. The van der Waals surface area contributed by atoms with Crippen molar-refractivity contribution in [3.05, 3.63) is 59.7 Å². The summed E-state index contributed by atoms with van der Waals surface area (Å²) < 4.78 is 5.35. The third-order valence-corrected chi connectivity index (χ3v) is 5.25. The monoisotopic (exact) mass is 453 g/mol. The summed E-state index contributed by atoms with van der Waals surface area (Å²) in [5.41, 5.74) is 3.45. The van der Waals surface area contributed by atoms with Gasteiger partial charge in [0.2, 0.25) is 11.8 Å². The summed E-state index contributed by atoms with van der Waals surface area (Å²) in [7, 11) is 0. The van der Waals surface area contributed by atoms with Crippen LogP contribution in [0.3, 0.4) is 0 Å². The molecule has 4 N–H and O–H groups in total. The van der Waals surface area contributed by atoms with Crippen LogP contribution in [-0.2, 0) is 19.1 Å². The molecule has 3 rings (SSSR count). The fourth-order valence-corrected chi connectivity index (χ4v) is 3.89. The SMILES string of the molecule is CC(C)(CC(=O)O)NC(=O)CNC(=O)CNC(=O)OCC1c2ccccc2-c2ccccc21. The molecule has 0 unspecified atom stereocenters. The Morgan fingerprint density at radius 1 is 0.879 bits per heavy atom. The molecular formula is C24H27N3O6. The van der Waals surface area contributed by atoms with E-state index >= 15 is 0 Å². The number of fused-ring (bicyclic) bond motifs is 3. The molecule has 0 atom stereocenters. The van der Waals surface area contributed by atoms with Crippen LogP contribution in [0.2, 0.25) is 0 Å². The van der Waals surface area contributed by atoms with E-state index in [4.69, 9.17) is 9.84 Å². The summed E-state index contributed by atoms with van der Waals surface area (Å²) >= 11 is 0. The number of ether oxygens (including phenoxy) is 1. The molecule has 3 amide bonds. The highest BCUT2D eigenvalue weighted by atomic mass is 16.5. The van der Waals surface area contributed by atoms with Crippen LogP contribution < -0.4 is 16.0 Å². The summed E-state index contributed by atoms with van der Waals surface area (Å²) in [6, 6.07) is 15.9. The van der Waals surface area contributed by atoms with Gasteiger partial charge < -0.3 is 25.8 Å². The van der Waals surface area contributed by atoms with Gasteiger partial charge in [0.15, 0.2) is 0 Å². The van der Waals surface area contributed by atoms with Gasteiger partial charge in [-0.25, -0.2) is 4.79 Å². The number of alkyl carbamates (subject to hydrolysis) is 1. The van der Waals surface area contributed by atoms with Crippen molar-refractivity contribution in [3.8, 4) is 11.1 Å². The molecule has 9 heteroatoms. The number of carbonyl (C=O) groups excluding carboxylic acids is 3. The molecule has 174 valence electrons. The number of hydrogen-bond donors (Lipinski definition) is 4. The summed E-state index contributed by atoms with van der Waals surface area (Å²) in [6.07, 6.45) is -0.991. The molecule has 33 heavy (non-hydrogen) atoms. The van der Waals surface area contributed by atoms with E-state index in [1.54, 1.807) is 13.8 Å². The Morgan fingerprint density at radius 3 is 2.00 bits per heavy atom. The first-order chi connectivity index (χ1) is 15.7. The van der Waals surface area contributed by atoms with Gasteiger partial charge in [-0.2, -0.15) is 0 Å². The summed E-state index contributed by atoms with van der Waals surface area (Å²) in [6.45, 7) is 2.57. The third kappa shape index (κ3) is 6.31. The van der Waals surface area contributed by atoms with Gasteiger partial charge in [-0.15, -0.1) is 0 Å².